The molecule has 0 saturated carbocycles. The van der Waals surface area contributed by atoms with Crippen LogP contribution in [0.4, 0.5) is 10.1 Å². The van der Waals surface area contributed by atoms with E-state index in [9.17, 15) is 14.0 Å². The van der Waals surface area contributed by atoms with Crippen molar-refractivity contribution in [2.24, 2.45) is 0 Å². The smallest absolute Gasteiger partial charge is 0.254 e. The van der Waals surface area contributed by atoms with Gasteiger partial charge in [-0.05, 0) is 50.1 Å². The summed E-state index contributed by atoms with van der Waals surface area (Å²) in [7, 11) is 0. The SMILES string of the molecule is CC1=C(C(=O)Nc2cccc(F)c2)[C@@H](c2ccccn2)C2=C(CCCC2=O)N1. The van der Waals surface area contributed by atoms with Crippen molar-refractivity contribution in [2.75, 3.05) is 5.32 Å². The van der Waals surface area contributed by atoms with Gasteiger partial charge in [0, 0.05) is 40.8 Å². The molecule has 1 aromatic carbocycles. The Labute approximate surface area is 162 Å². The number of hydrogen-bond acceptors (Lipinski definition) is 4. The molecule has 0 bridgehead atoms. The van der Waals surface area contributed by atoms with Crippen LogP contribution in [0.25, 0.3) is 0 Å². The maximum atomic E-state index is 13.5. The topological polar surface area (TPSA) is 71.1 Å². The first-order valence-corrected chi connectivity index (χ1v) is 9.26. The van der Waals surface area contributed by atoms with E-state index in [0.717, 1.165) is 18.5 Å². The van der Waals surface area contributed by atoms with Gasteiger partial charge in [0.15, 0.2) is 5.78 Å². The predicted octanol–water partition coefficient (Wildman–Crippen LogP) is 3.83. The van der Waals surface area contributed by atoms with Crippen LogP contribution in [0.1, 0.15) is 37.8 Å². The summed E-state index contributed by atoms with van der Waals surface area (Å²) >= 11 is 0. The lowest BCUT2D eigenvalue weighted by atomic mass is 9.76. The minimum absolute atomic E-state index is 0.0351. The van der Waals surface area contributed by atoms with Crippen LogP contribution in [0.15, 0.2) is 71.2 Å². The average Bonchev–Trinajstić information content (AvgIpc) is 2.67. The maximum Gasteiger partial charge on any atom is 0.254 e. The molecule has 6 heteroatoms. The summed E-state index contributed by atoms with van der Waals surface area (Å²) in [6.45, 7) is 1.82. The van der Waals surface area contributed by atoms with Crippen molar-refractivity contribution in [3.63, 3.8) is 0 Å². The first-order valence-electron chi connectivity index (χ1n) is 9.26. The van der Waals surface area contributed by atoms with Gasteiger partial charge in [0.25, 0.3) is 5.91 Å². The zero-order valence-electron chi connectivity index (χ0n) is 15.5. The number of ketones is 1. The maximum absolute atomic E-state index is 13.5. The third-order valence-electron chi connectivity index (χ3n) is 5.09. The molecule has 142 valence electrons. The third kappa shape index (κ3) is 3.33. The zero-order valence-corrected chi connectivity index (χ0v) is 15.5. The van der Waals surface area contributed by atoms with Gasteiger partial charge in [-0.1, -0.05) is 12.1 Å². The normalized spacial score (nSPS) is 19.2. The molecule has 2 N–H and O–H groups in total. The molecule has 5 nitrogen and oxygen atoms in total. The van der Waals surface area contributed by atoms with E-state index in [1.165, 1.54) is 18.2 Å². The van der Waals surface area contributed by atoms with Gasteiger partial charge in [-0.15, -0.1) is 0 Å². The van der Waals surface area contributed by atoms with Gasteiger partial charge in [0.05, 0.1) is 11.6 Å². The number of anilines is 1. The highest BCUT2D eigenvalue weighted by atomic mass is 19.1. The van der Waals surface area contributed by atoms with E-state index in [-0.39, 0.29) is 11.7 Å². The van der Waals surface area contributed by atoms with E-state index in [1.807, 2.05) is 19.1 Å². The monoisotopic (exact) mass is 377 g/mol. The minimum atomic E-state index is -0.543. The number of aromatic nitrogens is 1. The van der Waals surface area contributed by atoms with E-state index in [0.29, 0.717) is 34.6 Å². The molecule has 0 spiro atoms. The van der Waals surface area contributed by atoms with Crippen molar-refractivity contribution in [3.8, 4) is 0 Å². The summed E-state index contributed by atoms with van der Waals surface area (Å²) in [4.78, 5) is 30.3. The summed E-state index contributed by atoms with van der Waals surface area (Å²) < 4.78 is 13.5. The van der Waals surface area contributed by atoms with Crippen LogP contribution in [0.5, 0.6) is 0 Å². The number of halogens is 1. The number of carbonyl (C=O) groups excluding carboxylic acids is 2. The Balaban J connectivity index is 1.77. The molecule has 2 aliphatic rings. The molecule has 2 aromatic rings. The molecule has 2 heterocycles. The van der Waals surface area contributed by atoms with Crippen molar-refractivity contribution in [2.45, 2.75) is 32.1 Å². The van der Waals surface area contributed by atoms with E-state index >= 15 is 0 Å². The molecule has 1 atom stereocenters. The number of benzene rings is 1. The van der Waals surface area contributed by atoms with Gasteiger partial charge >= 0.3 is 0 Å². The number of rotatable bonds is 3. The number of nitrogens with zero attached hydrogens (tertiary/aromatic N) is 1. The molecule has 1 aliphatic carbocycles. The number of Topliss-reactive ketones (excluding diaryl/α,β-unsaturated/α-hetero) is 1. The number of amides is 1. The summed E-state index contributed by atoms with van der Waals surface area (Å²) in [6, 6.07) is 11.2. The standard InChI is InChI=1S/C22H20FN3O2/c1-13-19(22(28)26-15-7-4-6-14(23)12-15)21(16-8-2-3-11-24-16)20-17(25-13)9-5-10-18(20)27/h2-4,6-8,11-12,21,25H,5,9-10H2,1H3,(H,26,28)/t21-/m1/s1. The molecular weight excluding hydrogens is 357 g/mol. The summed E-state index contributed by atoms with van der Waals surface area (Å²) in [5.41, 5.74) is 3.59. The highest BCUT2D eigenvalue weighted by Crippen LogP contribution is 2.41. The highest BCUT2D eigenvalue weighted by molar-refractivity contribution is 6.09. The number of pyridine rings is 1. The first-order chi connectivity index (χ1) is 13.5. The molecule has 0 unspecified atom stereocenters. The largest absolute Gasteiger partial charge is 0.362 e. The Kier molecular flexibility index (Phi) is 4.77. The van der Waals surface area contributed by atoms with Gasteiger partial charge < -0.3 is 10.6 Å². The van der Waals surface area contributed by atoms with Crippen LogP contribution in [-0.4, -0.2) is 16.7 Å². The summed E-state index contributed by atoms with van der Waals surface area (Å²) in [5, 5.41) is 6.01. The fraction of sp³-hybridized carbons (Fsp3) is 0.227. The Morgan fingerprint density at radius 2 is 2.07 bits per heavy atom. The molecule has 4 rings (SSSR count). The van der Waals surface area contributed by atoms with Crippen molar-refractivity contribution in [1.29, 1.82) is 0 Å². The number of nitrogens with one attached hydrogen (secondary N) is 2. The summed E-state index contributed by atoms with van der Waals surface area (Å²) in [5.74, 6) is -1.32. The fourth-order valence-electron chi connectivity index (χ4n) is 3.89. The first kappa shape index (κ1) is 18.1. The molecular formula is C22H20FN3O2. The van der Waals surface area contributed by atoms with E-state index in [2.05, 4.69) is 15.6 Å². The van der Waals surface area contributed by atoms with Crippen molar-refractivity contribution < 1.29 is 14.0 Å². The molecule has 0 fully saturated rings. The van der Waals surface area contributed by atoms with Crippen LogP contribution in [-0.2, 0) is 9.59 Å². The zero-order chi connectivity index (χ0) is 19.7. The molecule has 28 heavy (non-hydrogen) atoms. The van der Waals surface area contributed by atoms with Gasteiger partial charge in [-0.3, -0.25) is 14.6 Å². The third-order valence-corrected chi connectivity index (χ3v) is 5.09. The summed E-state index contributed by atoms with van der Waals surface area (Å²) in [6.07, 6.45) is 3.67. The van der Waals surface area contributed by atoms with Gasteiger partial charge in [0.2, 0.25) is 0 Å². The van der Waals surface area contributed by atoms with Gasteiger partial charge in [-0.2, -0.15) is 0 Å². The lowest BCUT2D eigenvalue weighted by Crippen LogP contribution is -2.35. The van der Waals surface area contributed by atoms with E-state index < -0.39 is 11.7 Å². The quantitative estimate of drug-likeness (QED) is 0.853. The molecule has 1 aromatic heterocycles. The molecule has 0 radical (unpaired) electrons. The van der Waals surface area contributed by atoms with Crippen LogP contribution >= 0.6 is 0 Å². The Bertz CT molecular complexity index is 1010. The van der Waals surface area contributed by atoms with Gasteiger partial charge in [-0.25, -0.2) is 4.39 Å². The lowest BCUT2D eigenvalue weighted by Gasteiger charge is -2.34. The lowest BCUT2D eigenvalue weighted by molar-refractivity contribution is -0.116. The van der Waals surface area contributed by atoms with Crippen LogP contribution < -0.4 is 10.6 Å². The van der Waals surface area contributed by atoms with Crippen LogP contribution in [0.2, 0.25) is 0 Å². The number of dihydropyridines is 1. The van der Waals surface area contributed by atoms with Gasteiger partial charge in [0.1, 0.15) is 5.82 Å². The van der Waals surface area contributed by atoms with Crippen LogP contribution in [0, 0.1) is 5.82 Å². The average molecular weight is 377 g/mol. The molecule has 0 saturated heterocycles. The van der Waals surface area contributed by atoms with Crippen molar-refractivity contribution in [3.05, 3.63) is 82.7 Å². The van der Waals surface area contributed by atoms with Crippen LogP contribution in [0.3, 0.4) is 0 Å². The Morgan fingerprint density at radius 3 is 2.82 bits per heavy atom. The number of hydrogen-bond donors (Lipinski definition) is 2. The molecule has 1 amide bonds. The second-order valence-electron chi connectivity index (χ2n) is 6.98. The van der Waals surface area contributed by atoms with E-state index in [4.69, 9.17) is 0 Å². The van der Waals surface area contributed by atoms with E-state index in [1.54, 1.807) is 18.3 Å². The minimum Gasteiger partial charge on any atom is -0.362 e. The second kappa shape index (κ2) is 7.38. The molecule has 1 aliphatic heterocycles. The highest BCUT2D eigenvalue weighted by Gasteiger charge is 2.39. The second-order valence-corrected chi connectivity index (χ2v) is 6.98. The Morgan fingerprint density at radius 1 is 1.21 bits per heavy atom. The number of carbonyl (C=O) groups is 2. The fourth-order valence-corrected chi connectivity index (χ4v) is 3.89. The number of allylic oxidation sites excluding steroid dienone is 3. The van der Waals surface area contributed by atoms with Crippen molar-refractivity contribution in [1.82, 2.24) is 10.3 Å². The predicted molar refractivity (Wildman–Crippen MR) is 104 cm³/mol. The van der Waals surface area contributed by atoms with Crippen molar-refractivity contribution >= 4 is 17.4 Å². The Hall–Kier alpha value is -3.28.